The van der Waals surface area contributed by atoms with Crippen molar-refractivity contribution in [2.75, 3.05) is 19.1 Å². The van der Waals surface area contributed by atoms with Gasteiger partial charge in [-0.2, -0.15) is 0 Å². The molecule has 0 unspecified atom stereocenters. The number of rotatable bonds is 4. The number of nitrogens with zero attached hydrogens (tertiary/aromatic N) is 1. The summed E-state index contributed by atoms with van der Waals surface area (Å²) in [5.41, 5.74) is 3.24. The molecule has 2 aromatic carbocycles. The molecule has 2 heterocycles. The zero-order valence-electron chi connectivity index (χ0n) is 17.1. The van der Waals surface area contributed by atoms with E-state index in [2.05, 4.69) is 13.8 Å². The predicted molar refractivity (Wildman–Crippen MR) is 128 cm³/mol. The summed E-state index contributed by atoms with van der Waals surface area (Å²) in [5.74, 6) is 1.39. The van der Waals surface area contributed by atoms with E-state index in [0.717, 1.165) is 36.8 Å². The van der Waals surface area contributed by atoms with Gasteiger partial charge in [0.05, 0.1) is 30.3 Å². The largest absolute Gasteiger partial charge is 0.497 e. The number of anilines is 1. The Labute approximate surface area is 188 Å². The van der Waals surface area contributed by atoms with Gasteiger partial charge in [0.25, 0.3) is 5.91 Å². The van der Waals surface area contributed by atoms with Gasteiger partial charge in [-0.15, -0.1) is 0 Å². The monoisotopic (exact) mass is 455 g/mol. The summed E-state index contributed by atoms with van der Waals surface area (Å²) in [6.07, 6.45) is 3.44. The Kier molecular flexibility index (Phi) is 5.53. The number of hydrogen-bond acceptors (Lipinski definition) is 6. The van der Waals surface area contributed by atoms with E-state index in [1.165, 1.54) is 0 Å². The van der Waals surface area contributed by atoms with Gasteiger partial charge in [0.15, 0.2) is 0 Å². The van der Waals surface area contributed by atoms with E-state index in [-0.39, 0.29) is 5.91 Å². The molecule has 4 nitrogen and oxygen atoms in total. The number of amides is 1. The van der Waals surface area contributed by atoms with Gasteiger partial charge in [-0.05, 0) is 49.8 Å². The molecule has 0 saturated carbocycles. The predicted octanol–water partition coefficient (Wildman–Crippen LogP) is 6.52. The Hall–Kier alpha value is -2.48. The Morgan fingerprint density at radius 3 is 2.37 bits per heavy atom. The zero-order valence-corrected chi connectivity index (χ0v) is 19.5. The van der Waals surface area contributed by atoms with Gasteiger partial charge in [0, 0.05) is 23.3 Å². The van der Waals surface area contributed by atoms with E-state index < -0.39 is 5.54 Å². The molecule has 0 bridgehead atoms. The van der Waals surface area contributed by atoms with Crippen molar-refractivity contribution in [1.29, 1.82) is 0 Å². The summed E-state index contributed by atoms with van der Waals surface area (Å²) < 4.78 is 11.5. The fourth-order valence-corrected chi connectivity index (χ4v) is 6.97. The summed E-state index contributed by atoms with van der Waals surface area (Å²) in [4.78, 5) is 16.4. The zero-order chi connectivity index (χ0) is 21.5. The average Bonchev–Trinajstić information content (AvgIpc) is 3.14. The standard InChI is InChI=1S/C23H21NO3S3/c1-23(2)21-20(22(28)30-29-21)17-11-10-16(27-4)13-18(17)24(23)19(25)12-7-14-5-8-15(26-3)9-6-14/h5-13H,1-4H3/b12-7+. The van der Waals surface area contributed by atoms with Gasteiger partial charge < -0.3 is 9.47 Å². The third kappa shape index (κ3) is 3.47. The number of benzene rings is 2. The normalized spacial score (nSPS) is 14.3. The van der Waals surface area contributed by atoms with E-state index in [4.69, 9.17) is 21.7 Å². The lowest BCUT2D eigenvalue weighted by Crippen LogP contribution is -2.47. The van der Waals surface area contributed by atoms with Crippen molar-refractivity contribution in [2.24, 2.45) is 0 Å². The Morgan fingerprint density at radius 1 is 1.03 bits per heavy atom. The van der Waals surface area contributed by atoms with Crippen LogP contribution in [0.1, 0.15) is 24.3 Å². The van der Waals surface area contributed by atoms with Crippen LogP contribution >= 0.6 is 32.9 Å². The second-order valence-corrected chi connectivity index (χ2v) is 10.2. The van der Waals surface area contributed by atoms with Crippen LogP contribution in [0.15, 0.2) is 48.5 Å². The van der Waals surface area contributed by atoms with Crippen molar-refractivity contribution in [2.45, 2.75) is 19.4 Å². The lowest BCUT2D eigenvalue weighted by Gasteiger charge is -2.42. The minimum atomic E-state index is -0.533. The first kappa shape index (κ1) is 20.8. The van der Waals surface area contributed by atoms with Crippen molar-refractivity contribution in [3.63, 3.8) is 0 Å². The van der Waals surface area contributed by atoms with Crippen LogP contribution in [0.3, 0.4) is 0 Å². The molecule has 7 heteroatoms. The van der Waals surface area contributed by atoms with Crippen LogP contribution in [0.2, 0.25) is 0 Å². The second-order valence-electron chi connectivity index (χ2n) is 7.38. The summed E-state index contributed by atoms with van der Waals surface area (Å²) >= 11 is 5.62. The van der Waals surface area contributed by atoms with Crippen LogP contribution in [0, 0.1) is 3.82 Å². The van der Waals surface area contributed by atoms with E-state index in [1.54, 1.807) is 41.0 Å². The van der Waals surface area contributed by atoms with Crippen LogP contribution in [-0.2, 0) is 10.3 Å². The first-order valence-corrected chi connectivity index (χ1v) is 11.9. The Balaban J connectivity index is 1.79. The highest BCUT2D eigenvalue weighted by Crippen LogP contribution is 2.52. The molecular formula is C23H21NO3S3. The van der Waals surface area contributed by atoms with Crippen LogP contribution in [0.4, 0.5) is 5.69 Å². The van der Waals surface area contributed by atoms with Crippen LogP contribution < -0.4 is 14.4 Å². The maximum absolute atomic E-state index is 13.4. The SMILES string of the molecule is COc1ccc(/C=C/C(=O)N2c3cc(OC)ccc3-c3c(ssc3=S)C2(C)C)cc1. The van der Waals surface area contributed by atoms with E-state index >= 15 is 0 Å². The quantitative estimate of drug-likeness (QED) is 0.255. The molecule has 0 spiro atoms. The van der Waals surface area contributed by atoms with Crippen LogP contribution in [0.25, 0.3) is 17.2 Å². The number of methoxy groups -OCH3 is 2. The molecule has 154 valence electrons. The summed E-state index contributed by atoms with van der Waals surface area (Å²) in [6.45, 7) is 4.12. The highest BCUT2D eigenvalue weighted by molar-refractivity contribution is 7.80. The van der Waals surface area contributed by atoms with E-state index in [1.807, 2.05) is 53.4 Å². The first-order chi connectivity index (χ1) is 14.4. The minimum Gasteiger partial charge on any atom is -0.497 e. The molecule has 0 atom stereocenters. The highest BCUT2D eigenvalue weighted by Gasteiger charge is 2.42. The van der Waals surface area contributed by atoms with Gasteiger partial charge in [0.1, 0.15) is 15.3 Å². The Bertz CT molecular complexity index is 1190. The number of hydrogen-bond donors (Lipinski definition) is 0. The van der Waals surface area contributed by atoms with Crippen molar-refractivity contribution in [3.05, 3.63) is 62.8 Å². The molecule has 3 aromatic rings. The van der Waals surface area contributed by atoms with Gasteiger partial charge >= 0.3 is 0 Å². The topological polar surface area (TPSA) is 38.8 Å². The van der Waals surface area contributed by atoms with Crippen molar-refractivity contribution < 1.29 is 14.3 Å². The van der Waals surface area contributed by atoms with Gasteiger partial charge in [0.2, 0.25) is 0 Å². The van der Waals surface area contributed by atoms with Crippen LogP contribution in [0.5, 0.6) is 11.5 Å². The van der Waals surface area contributed by atoms with Crippen LogP contribution in [-0.4, -0.2) is 20.1 Å². The summed E-state index contributed by atoms with van der Waals surface area (Å²) in [6, 6.07) is 13.4. The summed E-state index contributed by atoms with van der Waals surface area (Å²) in [5, 5.41) is 0. The molecule has 0 radical (unpaired) electrons. The molecule has 1 amide bonds. The van der Waals surface area contributed by atoms with Gasteiger partial charge in [-0.1, -0.05) is 45.0 Å². The van der Waals surface area contributed by atoms with E-state index in [9.17, 15) is 4.79 Å². The number of carbonyl (C=O) groups excluding carboxylic acids is 1. The smallest absolute Gasteiger partial charge is 0.251 e. The number of carbonyl (C=O) groups is 1. The minimum absolute atomic E-state index is 0.0970. The molecule has 1 aliphatic rings. The maximum atomic E-state index is 13.4. The Morgan fingerprint density at radius 2 is 1.70 bits per heavy atom. The number of ether oxygens (including phenoxy) is 2. The third-order valence-electron chi connectivity index (χ3n) is 5.22. The molecule has 0 saturated heterocycles. The van der Waals surface area contributed by atoms with Gasteiger partial charge in [-0.3, -0.25) is 9.69 Å². The molecule has 1 aromatic heterocycles. The second kappa shape index (κ2) is 7.98. The number of fused-ring (bicyclic) bond motifs is 3. The molecule has 0 fully saturated rings. The molecule has 1 aliphatic heterocycles. The molecule has 0 aliphatic carbocycles. The lowest BCUT2D eigenvalue weighted by molar-refractivity contribution is -0.115. The highest BCUT2D eigenvalue weighted by atomic mass is 32.9. The first-order valence-electron chi connectivity index (χ1n) is 9.35. The van der Waals surface area contributed by atoms with Crippen molar-refractivity contribution in [1.82, 2.24) is 0 Å². The maximum Gasteiger partial charge on any atom is 0.251 e. The fraction of sp³-hybridized carbons (Fsp3) is 0.217. The fourth-order valence-electron chi connectivity index (χ4n) is 3.68. The van der Waals surface area contributed by atoms with E-state index in [0.29, 0.717) is 5.75 Å². The lowest BCUT2D eigenvalue weighted by atomic mass is 9.87. The van der Waals surface area contributed by atoms with Crippen molar-refractivity contribution in [3.8, 4) is 22.6 Å². The van der Waals surface area contributed by atoms with Gasteiger partial charge in [-0.25, -0.2) is 0 Å². The summed E-state index contributed by atoms with van der Waals surface area (Å²) in [7, 11) is 6.49. The third-order valence-corrected chi connectivity index (χ3v) is 8.55. The van der Waals surface area contributed by atoms with Crippen molar-refractivity contribution >= 4 is 50.6 Å². The molecule has 4 rings (SSSR count). The molecular weight excluding hydrogens is 434 g/mol. The average molecular weight is 456 g/mol. The molecule has 0 N–H and O–H groups in total. The molecule has 30 heavy (non-hydrogen) atoms.